The first-order valence-corrected chi connectivity index (χ1v) is 9.76. The van der Waals surface area contributed by atoms with Gasteiger partial charge in [-0.05, 0) is 36.2 Å². The number of aryl methyl sites for hydroxylation is 1. The molecule has 5 heteroatoms. The number of nitrogens with one attached hydrogen (secondary N) is 2. The van der Waals surface area contributed by atoms with Crippen molar-refractivity contribution in [1.82, 2.24) is 5.32 Å². The number of quaternary nitrogens is 1. The van der Waals surface area contributed by atoms with E-state index in [0.717, 1.165) is 21.5 Å². The minimum atomic E-state index is 0.0373. The highest BCUT2D eigenvalue weighted by Crippen LogP contribution is 2.25. The molecule has 0 bridgehead atoms. The zero-order chi connectivity index (χ0) is 17.5. The van der Waals surface area contributed by atoms with Crippen LogP contribution in [0.3, 0.4) is 0 Å². The molecule has 0 aliphatic carbocycles. The Hall–Kier alpha value is -1.30. The molecule has 128 valence electrons. The quantitative estimate of drug-likeness (QED) is 0.691. The van der Waals surface area contributed by atoms with Crippen LogP contribution in [0.25, 0.3) is 0 Å². The molecule has 2 aromatic carbocycles. The van der Waals surface area contributed by atoms with E-state index in [1.807, 2.05) is 24.3 Å². The molecule has 0 aromatic heterocycles. The molecule has 0 unspecified atom stereocenters. The number of carbonyl (C=O) groups excluding carboxylic acids is 1. The van der Waals surface area contributed by atoms with Gasteiger partial charge in [0.15, 0.2) is 0 Å². The molecule has 0 radical (unpaired) electrons. The maximum Gasteiger partial charge on any atom is 0.231 e. The summed E-state index contributed by atoms with van der Waals surface area (Å²) in [6.07, 6.45) is 0. The Bertz CT molecular complexity index is 676. The Kier molecular flexibility index (Phi) is 7.34. The molecule has 0 aliphatic rings. The van der Waals surface area contributed by atoms with Crippen molar-refractivity contribution in [3.8, 4) is 0 Å². The Morgan fingerprint density at radius 2 is 1.92 bits per heavy atom. The minimum absolute atomic E-state index is 0.0373. The molecule has 1 amide bonds. The average molecular weight is 408 g/mol. The molecule has 3 nitrogen and oxygen atoms in total. The number of halogens is 1. The van der Waals surface area contributed by atoms with Gasteiger partial charge in [0.05, 0.1) is 19.8 Å². The molecule has 0 aliphatic heterocycles. The molecule has 2 aromatic rings. The molecule has 1 atom stereocenters. The number of rotatable bonds is 7. The third-order valence-corrected chi connectivity index (χ3v) is 5.31. The number of amides is 1. The summed E-state index contributed by atoms with van der Waals surface area (Å²) < 4.78 is 1.06. The molecule has 0 fully saturated rings. The monoisotopic (exact) mass is 407 g/mol. The van der Waals surface area contributed by atoms with Crippen molar-refractivity contribution >= 4 is 33.6 Å². The van der Waals surface area contributed by atoms with Crippen molar-refractivity contribution in [2.24, 2.45) is 0 Å². The summed E-state index contributed by atoms with van der Waals surface area (Å²) >= 11 is 5.05. The molecule has 0 saturated carbocycles. The van der Waals surface area contributed by atoms with Crippen LogP contribution in [0, 0.1) is 6.92 Å². The average Bonchev–Trinajstić information content (AvgIpc) is 2.54. The Morgan fingerprint density at radius 1 is 1.21 bits per heavy atom. The third-order valence-electron chi connectivity index (χ3n) is 3.65. The topological polar surface area (TPSA) is 33.5 Å². The first-order chi connectivity index (χ1) is 11.5. The summed E-state index contributed by atoms with van der Waals surface area (Å²) in [5.74, 6) is 0.492. The van der Waals surface area contributed by atoms with Gasteiger partial charge >= 0.3 is 0 Å². The van der Waals surface area contributed by atoms with Crippen molar-refractivity contribution in [3.05, 3.63) is 64.1 Å². The number of likely N-dealkylation sites (N-methyl/N-ethyl adjacent to an activating group) is 1. The SMILES string of the molecule is Cc1cc(Br)ccc1SCC(=O)N[C@@H](C[NH+](C)C)c1ccccc1. The Labute approximate surface area is 157 Å². The number of hydrogen-bond acceptors (Lipinski definition) is 2. The van der Waals surface area contributed by atoms with Crippen LogP contribution in [0.15, 0.2) is 57.9 Å². The number of benzene rings is 2. The lowest BCUT2D eigenvalue weighted by atomic mass is 10.1. The maximum atomic E-state index is 12.4. The number of hydrogen-bond donors (Lipinski definition) is 2. The fourth-order valence-electron chi connectivity index (χ4n) is 2.50. The number of carbonyl (C=O) groups is 1. The molecule has 24 heavy (non-hydrogen) atoms. The lowest BCUT2D eigenvalue weighted by Crippen LogP contribution is -3.06. The molecule has 2 rings (SSSR count). The van der Waals surface area contributed by atoms with E-state index >= 15 is 0 Å². The van der Waals surface area contributed by atoms with Gasteiger partial charge in [-0.3, -0.25) is 4.79 Å². The van der Waals surface area contributed by atoms with Crippen LogP contribution >= 0.6 is 27.7 Å². The van der Waals surface area contributed by atoms with Gasteiger partial charge in [-0.15, -0.1) is 11.8 Å². The second-order valence-corrected chi connectivity index (χ2v) is 8.07. The van der Waals surface area contributed by atoms with Gasteiger partial charge in [-0.2, -0.15) is 0 Å². The van der Waals surface area contributed by atoms with E-state index in [9.17, 15) is 4.79 Å². The predicted octanol–water partition coefficient (Wildman–Crippen LogP) is 2.85. The van der Waals surface area contributed by atoms with E-state index in [1.165, 1.54) is 10.5 Å². The van der Waals surface area contributed by atoms with E-state index in [1.54, 1.807) is 11.8 Å². The summed E-state index contributed by atoms with van der Waals surface area (Å²) in [5, 5.41) is 3.18. The van der Waals surface area contributed by atoms with Crippen LogP contribution in [0.5, 0.6) is 0 Å². The highest BCUT2D eigenvalue weighted by Gasteiger charge is 2.17. The fourth-order valence-corrected chi connectivity index (χ4v) is 3.80. The zero-order valence-electron chi connectivity index (χ0n) is 14.3. The van der Waals surface area contributed by atoms with E-state index in [2.05, 4.69) is 66.5 Å². The standard InChI is InChI=1S/C19H23BrN2OS/c1-14-11-16(20)9-10-18(14)24-13-19(23)21-17(12-22(2)3)15-7-5-4-6-8-15/h4-11,17H,12-13H2,1-3H3,(H,21,23)/p+1/t17-/m0/s1. The molecule has 0 saturated heterocycles. The van der Waals surface area contributed by atoms with Crippen LogP contribution in [-0.4, -0.2) is 32.3 Å². The van der Waals surface area contributed by atoms with Crippen molar-refractivity contribution < 1.29 is 9.69 Å². The van der Waals surface area contributed by atoms with Crippen LogP contribution in [-0.2, 0) is 4.79 Å². The molecule has 0 heterocycles. The van der Waals surface area contributed by atoms with Gasteiger partial charge in [0, 0.05) is 9.37 Å². The molecule has 2 N–H and O–H groups in total. The van der Waals surface area contributed by atoms with Crippen LogP contribution < -0.4 is 10.2 Å². The van der Waals surface area contributed by atoms with Crippen LogP contribution in [0.2, 0.25) is 0 Å². The largest absolute Gasteiger partial charge is 0.343 e. The second kappa shape index (κ2) is 9.25. The highest BCUT2D eigenvalue weighted by molar-refractivity contribution is 9.10. The van der Waals surface area contributed by atoms with E-state index in [0.29, 0.717) is 5.75 Å². The summed E-state index contributed by atoms with van der Waals surface area (Å²) in [6.45, 7) is 2.92. The number of thioether (sulfide) groups is 1. The van der Waals surface area contributed by atoms with Crippen molar-refractivity contribution in [2.75, 3.05) is 26.4 Å². The van der Waals surface area contributed by atoms with Crippen molar-refractivity contribution in [3.63, 3.8) is 0 Å². The predicted molar refractivity (Wildman–Crippen MR) is 105 cm³/mol. The Morgan fingerprint density at radius 3 is 2.54 bits per heavy atom. The lowest BCUT2D eigenvalue weighted by molar-refractivity contribution is -0.860. The molecular weight excluding hydrogens is 384 g/mol. The third kappa shape index (κ3) is 5.96. The summed E-state index contributed by atoms with van der Waals surface area (Å²) in [7, 11) is 4.20. The summed E-state index contributed by atoms with van der Waals surface area (Å²) in [5.41, 5.74) is 2.33. The molecular formula is C19H24BrN2OS+. The van der Waals surface area contributed by atoms with Crippen molar-refractivity contribution in [1.29, 1.82) is 0 Å². The molecule has 0 spiro atoms. The summed E-state index contributed by atoms with van der Waals surface area (Å²) in [4.78, 5) is 14.9. The van der Waals surface area contributed by atoms with Crippen molar-refractivity contribution in [2.45, 2.75) is 17.9 Å². The van der Waals surface area contributed by atoms with Gasteiger partial charge in [0.1, 0.15) is 12.6 Å². The van der Waals surface area contributed by atoms with Gasteiger partial charge in [-0.25, -0.2) is 0 Å². The minimum Gasteiger partial charge on any atom is -0.343 e. The fraction of sp³-hybridized carbons (Fsp3) is 0.316. The van der Waals surface area contributed by atoms with E-state index in [-0.39, 0.29) is 11.9 Å². The summed E-state index contributed by atoms with van der Waals surface area (Å²) in [6, 6.07) is 16.3. The van der Waals surface area contributed by atoms with E-state index in [4.69, 9.17) is 0 Å². The highest BCUT2D eigenvalue weighted by atomic mass is 79.9. The second-order valence-electron chi connectivity index (χ2n) is 6.14. The maximum absolute atomic E-state index is 12.4. The van der Waals surface area contributed by atoms with Crippen LogP contribution in [0.1, 0.15) is 17.2 Å². The smallest absolute Gasteiger partial charge is 0.231 e. The Balaban J connectivity index is 1.97. The van der Waals surface area contributed by atoms with Gasteiger partial charge in [0.25, 0.3) is 0 Å². The normalized spacial score (nSPS) is 12.2. The first-order valence-electron chi connectivity index (χ1n) is 7.98. The lowest BCUT2D eigenvalue weighted by Gasteiger charge is -2.21. The first kappa shape index (κ1) is 19.0. The van der Waals surface area contributed by atoms with Crippen LogP contribution in [0.4, 0.5) is 0 Å². The van der Waals surface area contributed by atoms with Gasteiger partial charge in [-0.1, -0.05) is 46.3 Å². The van der Waals surface area contributed by atoms with E-state index < -0.39 is 0 Å². The van der Waals surface area contributed by atoms with Gasteiger partial charge in [0.2, 0.25) is 5.91 Å². The van der Waals surface area contributed by atoms with Gasteiger partial charge < -0.3 is 10.2 Å². The zero-order valence-corrected chi connectivity index (χ0v) is 16.7.